The molecule has 0 aliphatic heterocycles. The third kappa shape index (κ3) is 5.05. The highest BCUT2D eigenvalue weighted by Gasteiger charge is 2.21. The van der Waals surface area contributed by atoms with Crippen molar-refractivity contribution in [2.75, 3.05) is 11.9 Å². The topological polar surface area (TPSA) is 64.4 Å². The van der Waals surface area contributed by atoms with E-state index in [9.17, 15) is 4.79 Å². The van der Waals surface area contributed by atoms with Gasteiger partial charge in [0, 0.05) is 17.9 Å². The number of aromatic nitrogens is 1. The number of carbonyl (C=O) groups is 1. The van der Waals surface area contributed by atoms with Gasteiger partial charge in [-0.15, -0.1) is 0 Å². The van der Waals surface area contributed by atoms with Crippen LogP contribution in [0.5, 0.6) is 0 Å². The van der Waals surface area contributed by atoms with Crippen LogP contribution in [0.4, 0.5) is 5.69 Å². The number of benzene rings is 2. The lowest BCUT2D eigenvalue weighted by atomic mass is 10.2. The predicted molar refractivity (Wildman–Crippen MR) is 103 cm³/mol. The Kier molecular flexibility index (Phi) is 5.30. The van der Waals surface area contributed by atoms with Gasteiger partial charge in [0.25, 0.3) is 0 Å². The zero-order chi connectivity index (χ0) is 18.5. The van der Waals surface area contributed by atoms with Crippen LogP contribution in [0, 0.1) is 5.92 Å². The van der Waals surface area contributed by atoms with Crippen LogP contribution in [0.2, 0.25) is 0 Å². The molecule has 1 amide bonds. The fourth-order valence-electron chi connectivity index (χ4n) is 2.84. The number of carbonyl (C=O) groups excluding carboxylic acids is 1. The third-order valence-corrected chi connectivity index (χ3v) is 4.44. The molecule has 27 heavy (non-hydrogen) atoms. The molecule has 0 atom stereocenters. The molecule has 1 aliphatic carbocycles. The van der Waals surface area contributed by atoms with Gasteiger partial charge in [0.2, 0.25) is 11.8 Å². The van der Waals surface area contributed by atoms with E-state index in [0.29, 0.717) is 18.2 Å². The van der Waals surface area contributed by atoms with Crippen molar-refractivity contribution in [3.63, 3.8) is 0 Å². The first-order valence-electron chi connectivity index (χ1n) is 9.22. The molecule has 1 saturated carbocycles. The second-order valence-corrected chi connectivity index (χ2v) is 6.89. The van der Waals surface area contributed by atoms with E-state index < -0.39 is 0 Å². The molecule has 1 fully saturated rings. The van der Waals surface area contributed by atoms with Crippen LogP contribution >= 0.6 is 0 Å². The zero-order valence-corrected chi connectivity index (χ0v) is 15.1. The van der Waals surface area contributed by atoms with Gasteiger partial charge in [-0.1, -0.05) is 30.3 Å². The SMILES string of the molecule is O=C(Cc1coc(-c2ccccc2)n1)Nc1cccc(COCC2CC2)c1. The van der Waals surface area contributed by atoms with Gasteiger partial charge in [0.15, 0.2) is 0 Å². The molecule has 3 aromatic rings. The van der Waals surface area contributed by atoms with E-state index in [1.807, 2.05) is 54.6 Å². The van der Waals surface area contributed by atoms with Crippen LogP contribution in [0.3, 0.4) is 0 Å². The second kappa shape index (κ2) is 8.18. The van der Waals surface area contributed by atoms with Crippen LogP contribution < -0.4 is 5.32 Å². The average molecular weight is 362 g/mol. The maximum Gasteiger partial charge on any atom is 0.230 e. The second-order valence-electron chi connectivity index (χ2n) is 6.89. The van der Waals surface area contributed by atoms with Crippen LogP contribution in [0.15, 0.2) is 65.3 Å². The van der Waals surface area contributed by atoms with E-state index in [1.54, 1.807) is 0 Å². The summed E-state index contributed by atoms with van der Waals surface area (Å²) in [5.74, 6) is 1.14. The first kappa shape index (κ1) is 17.5. The third-order valence-electron chi connectivity index (χ3n) is 4.44. The normalized spacial score (nSPS) is 13.5. The Bertz CT molecular complexity index is 901. The Labute approximate surface area is 158 Å². The van der Waals surface area contributed by atoms with Crippen molar-refractivity contribution in [1.82, 2.24) is 4.98 Å². The molecule has 0 spiro atoms. The highest BCUT2D eigenvalue weighted by atomic mass is 16.5. The summed E-state index contributed by atoms with van der Waals surface area (Å²) in [6.45, 7) is 1.40. The number of anilines is 1. The molecule has 2 aromatic carbocycles. The molecular formula is C22H22N2O3. The molecule has 1 aliphatic rings. The maximum atomic E-state index is 12.3. The Hall–Kier alpha value is -2.92. The molecule has 4 rings (SSSR count). The number of nitrogens with zero attached hydrogens (tertiary/aromatic N) is 1. The van der Waals surface area contributed by atoms with E-state index in [4.69, 9.17) is 9.15 Å². The molecule has 0 radical (unpaired) electrons. The smallest absolute Gasteiger partial charge is 0.230 e. The van der Waals surface area contributed by atoms with E-state index in [2.05, 4.69) is 10.3 Å². The lowest BCUT2D eigenvalue weighted by molar-refractivity contribution is -0.115. The largest absolute Gasteiger partial charge is 0.444 e. The van der Waals surface area contributed by atoms with E-state index in [1.165, 1.54) is 19.1 Å². The van der Waals surface area contributed by atoms with Gasteiger partial charge >= 0.3 is 0 Å². The highest BCUT2D eigenvalue weighted by molar-refractivity contribution is 5.92. The average Bonchev–Trinajstić information content (AvgIpc) is 3.39. The fourth-order valence-corrected chi connectivity index (χ4v) is 2.84. The van der Waals surface area contributed by atoms with Gasteiger partial charge in [0.1, 0.15) is 6.26 Å². The summed E-state index contributed by atoms with van der Waals surface area (Å²) in [6, 6.07) is 17.4. The number of ether oxygens (including phenoxy) is 1. The fraction of sp³-hybridized carbons (Fsp3) is 0.273. The van der Waals surface area contributed by atoms with Crippen molar-refractivity contribution in [2.24, 2.45) is 5.92 Å². The zero-order valence-electron chi connectivity index (χ0n) is 15.1. The van der Waals surface area contributed by atoms with Gasteiger partial charge in [-0.2, -0.15) is 0 Å². The van der Waals surface area contributed by atoms with Crippen molar-refractivity contribution in [3.05, 3.63) is 72.1 Å². The summed E-state index contributed by atoms with van der Waals surface area (Å²) in [7, 11) is 0. The number of hydrogen-bond donors (Lipinski definition) is 1. The Morgan fingerprint density at radius 3 is 2.81 bits per heavy atom. The molecule has 1 aromatic heterocycles. The Balaban J connectivity index is 1.32. The monoisotopic (exact) mass is 362 g/mol. The summed E-state index contributed by atoms with van der Waals surface area (Å²) in [6.07, 6.45) is 4.26. The Morgan fingerprint density at radius 2 is 2.00 bits per heavy atom. The van der Waals surface area contributed by atoms with Crippen LogP contribution in [0.25, 0.3) is 11.5 Å². The number of amides is 1. The first-order valence-corrected chi connectivity index (χ1v) is 9.22. The number of oxazole rings is 1. The van der Waals surface area contributed by atoms with Gasteiger partial charge < -0.3 is 14.5 Å². The molecule has 138 valence electrons. The predicted octanol–water partition coefficient (Wildman–Crippen LogP) is 4.45. The van der Waals surface area contributed by atoms with E-state index in [-0.39, 0.29) is 12.3 Å². The number of nitrogens with one attached hydrogen (secondary N) is 1. The molecule has 0 saturated heterocycles. The van der Waals surface area contributed by atoms with Crippen LogP contribution in [-0.2, 0) is 22.6 Å². The molecule has 0 bridgehead atoms. The minimum atomic E-state index is -0.126. The lowest BCUT2D eigenvalue weighted by Gasteiger charge is -2.07. The van der Waals surface area contributed by atoms with Gasteiger partial charge in [-0.25, -0.2) is 4.98 Å². The minimum Gasteiger partial charge on any atom is -0.444 e. The summed E-state index contributed by atoms with van der Waals surface area (Å²) in [5, 5.41) is 2.92. The van der Waals surface area contributed by atoms with Gasteiger partial charge in [0.05, 0.1) is 18.7 Å². The van der Waals surface area contributed by atoms with Crippen molar-refractivity contribution >= 4 is 11.6 Å². The van der Waals surface area contributed by atoms with Crippen molar-refractivity contribution in [3.8, 4) is 11.5 Å². The van der Waals surface area contributed by atoms with E-state index >= 15 is 0 Å². The van der Waals surface area contributed by atoms with Crippen molar-refractivity contribution in [1.29, 1.82) is 0 Å². The molecule has 1 N–H and O–H groups in total. The van der Waals surface area contributed by atoms with Crippen LogP contribution in [-0.4, -0.2) is 17.5 Å². The number of hydrogen-bond acceptors (Lipinski definition) is 4. The summed E-state index contributed by atoms with van der Waals surface area (Å²) in [4.78, 5) is 16.7. The molecule has 0 unspecified atom stereocenters. The van der Waals surface area contributed by atoms with Gasteiger partial charge in [-0.3, -0.25) is 4.79 Å². The van der Waals surface area contributed by atoms with Crippen molar-refractivity contribution in [2.45, 2.75) is 25.9 Å². The molecule has 5 heteroatoms. The minimum absolute atomic E-state index is 0.126. The standard InChI is InChI=1S/C22H22N2O3/c25-21(12-20-15-27-22(24-20)18-6-2-1-3-7-18)23-19-8-4-5-17(11-19)14-26-13-16-9-10-16/h1-8,11,15-16H,9-10,12-14H2,(H,23,25). The quantitative estimate of drug-likeness (QED) is 0.643. The molecule has 1 heterocycles. The molecule has 5 nitrogen and oxygen atoms in total. The van der Waals surface area contributed by atoms with Crippen molar-refractivity contribution < 1.29 is 13.9 Å². The van der Waals surface area contributed by atoms with Gasteiger partial charge in [-0.05, 0) is 48.6 Å². The number of rotatable bonds is 8. The summed E-state index contributed by atoms with van der Waals surface area (Å²) in [5.41, 5.74) is 3.32. The Morgan fingerprint density at radius 1 is 1.15 bits per heavy atom. The van der Waals surface area contributed by atoms with Crippen LogP contribution in [0.1, 0.15) is 24.1 Å². The molecular weight excluding hydrogens is 340 g/mol. The lowest BCUT2D eigenvalue weighted by Crippen LogP contribution is -2.14. The highest BCUT2D eigenvalue weighted by Crippen LogP contribution is 2.29. The summed E-state index contributed by atoms with van der Waals surface area (Å²) >= 11 is 0. The summed E-state index contributed by atoms with van der Waals surface area (Å²) < 4.78 is 11.2. The first-order chi connectivity index (χ1) is 13.3. The van der Waals surface area contributed by atoms with E-state index in [0.717, 1.165) is 29.3 Å². The maximum absolute atomic E-state index is 12.3.